The monoisotopic (exact) mass is 234 g/mol. The van der Waals surface area contributed by atoms with Gasteiger partial charge in [0.15, 0.2) is 0 Å². The molecular weight excluding hydrogens is 214 g/mol. The van der Waals surface area contributed by atoms with E-state index in [1.165, 1.54) is 19.3 Å². The maximum Gasteiger partial charge on any atom is 2.00 e. The normalized spacial score (nSPS) is 33.9. The van der Waals surface area contributed by atoms with Crippen LogP contribution >= 0.6 is 0 Å². The van der Waals surface area contributed by atoms with Crippen LogP contribution in [-0.4, -0.2) is 39.3 Å². The van der Waals surface area contributed by atoms with Gasteiger partial charge in [-0.3, -0.25) is 0 Å². The van der Waals surface area contributed by atoms with Crippen LogP contribution in [0.15, 0.2) is 0 Å². The summed E-state index contributed by atoms with van der Waals surface area (Å²) in [5.41, 5.74) is 0. The minimum absolute atomic E-state index is 0. The Labute approximate surface area is 91.9 Å². The third-order valence-electron chi connectivity index (χ3n) is 2.93. The predicted molar refractivity (Wildman–Crippen MR) is 52.4 cm³/mol. The van der Waals surface area contributed by atoms with Crippen molar-refractivity contribution in [3.63, 3.8) is 0 Å². The summed E-state index contributed by atoms with van der Waals surface area (Å²) in [5.74, 6) is 0. The van der Waals surface area contributed by atoms with Crippen LogP contribution in [0, 0.1) is 0 Å². The molecule has 0 aromatic carbocycles. The Morgan fingerprint density at radius 1 is 0.692 bits per heavy atom. The molecule has 1 saturated carbocycles. The second kappa shape index (κ2) is 6.79. The fourth-order valence-corrected chi connectivity index (χ4v) is 2.03. The van der Waals surface area contributed by atoms with Gasteiger partial charge in [0.05, 0.1) is 0 Å². The molecule has 0 bridgehead atoms. The van der Waals surface area contributed by atoms with Crippen molar-refractivity contribution in [2.75, 3.05) is 21.1 Å². The van der Waals surface area contributed by atoms with Crippen molar-refractivity contribution >= 4 is 0 Å². The maximum atomic E-state index is 3.35. The van der Waals surface area contributed by atoms with Crippen LogP contribution in [0.1, 0.15) is 19.3 Å². The Bertz CT molecular complexity index is 102. The molecule has 0 heterocycles. The topological polar surface area (TPSA) is 36.1 Å². The molecule has 0 saturated heterocycles. The molecule has 0 spiro atoms. The molecule has 0 aromatic rings. The molecule has 0 unspecified atom stereocenters. The zero-order chi connectivity index (χ0) is 8.97. The zero-order valence-corrected chi connectivity index (χ0v) is 9.60. The van der Waals surface area contributed by atoms with Gasteiger partial charge in [0.2, 0.25) is 0 Å². The maximum absolute atomic E-state index is 3.35. The Balaban J connectivity index is 0.00000144. The SMILES string of the molecule is CNC1CC(NC)CC(NC)C1.[Cu+2]. The van der Waals surface area contributed by atoms with E-state index in [0.29, 0.717) is 18.1 Å². The number of hydrogen-bond acceptors (Lipinski definition) is 3. The van der Waals surface area contributed by atoms with Crippen LogP contribution in [0.2, 0.25) is 0 Å². The second-order valence-corrected chi connectivity index (χ2v) is 3.66. The largest absolute Gasteiger partial charge is 2.00 e. The van der Waals surface area contributed by atoms with E-state index in [9.17, 15) is 0 Å². The van der Waals surface area contributed by atoms with Gasteiger partial charge < -0.3 is 16.0 Å². The molecule has 0 aromatic heterocycles. The molecule has 1 fully saturated rings. The summed E-state index contributed by atoms with van der Waals surface area (Å²) >= 11 is 0. The van der Waals surface area contributed by atoms with E-state index < -0.39 is 0 Å². The van der Waals surface area contributed by atoms with E-state index in [-0.39, 0.29) is 17.1 Å². The van der Waals surface area contributed by atoms with E-state index in [4.69, 9.17) is 0 Å². The molecule has 1 rings (SSSR count). The minimum atomic E-state index is 0. The van der Waals surface area contributed by atoms with Gasteiger partial charge in [-0.2, -0.15) is 0 Å². The Kier molecular flexibility index (Phi) is 7.00. The summed E-state index contributed by atoms with van der Waals surface area (Å²) in [6.45, 7) is 0. The Hall–Kier alpha value is 0.399. The van der Waals surface area contributed by atoms with Crippen molar-refractivity contribution in [3.05, 3.63) is 0 Å². The molecule has 3 N–H and O–H groups in total. The molecule has 3 nitrogen and oxygen atoms in total. The second-order valence-electron chi connectivity index (χ2n) is 3.66. The van der Waals surface area contributed by atoms with Gasteiger partial charge in [0.25, 0.3) is 0 Å². The zero-order valence-electron chi connectivity index (χ0n) is 8.65. The number of hydrogen-bond donors (Lipinski definition) is 3. The molecular formula is C9H21CuN3+2. The van der Waals surface area contributed by atoms with Gasteiger partial charge in [-0.15, -0.1) is 0 Å². The molecule has 4 heteroatoms. The average molecular weight is 235 g/mol. The van der Waals surface area contributed by atoms with Gasteiger partial charge in [0.1, 0.15) is 0 Å². The van der Waals surface area contributed by atoms with Crippen LogP contribution in [-0.2, 0) is 17.1 Å². The van der Waals surface area contributed by atoms with E-state index >= 15 is 0 Å². The first kappa shape index (κ1) is 13.4. The smallest absolute Gasteiger partial charge is 0.317 e. The van der Waals surface area contributed by atoms with Crippen molar-refractivity contribution in [2.24, 2.45) is 0 Å². The van der Waals surface area contributed by atoms with Crippen molar-refractivity contribution in [3.8, 4) is 0 Å². The van der Waals surface area contributed by atoms with Crippen molar-refractivity contribution in [2.45, 2.75) is 37.4 Å². The van der Waals surface area contributed by atoms with Crippen LogP contribution in [0.4, 0.5) is 0 Å². The molecule has 0 amide bonds. The molecule has 13 heavy (non-hydrogen) atoms. The molecule has 1 aliphatic rings. The van der Waals surface area contributed by atoms with E-state index in [1.54, 1.807) is 0 Å². The van der Waals surface area contributed by atoms with E-state index in [0.717, 1.165) is 0 Å². The summed E-state index contributed by atoms with van der Waals surface area (Å²) in [7, 11) is 6.15. The van der Waals surface area contributed by atoms with Crippen LogP contribution in [0.3, 0.4) is 0 Å². The summed E-state index contributed by atoms with van der Waals surface area (Å²) in [5, 5.41) is 10.1. The van der Waals surface area contributed by atoms with Gasteiger partial charge in [-0.1, -0.05) is 0 Å². The van der Waals surface area contributed by atoms with Gasteiger partial charge in [-0.25, -0.2) is 0 Å². The van der Waals surface area contributed by atoms with Gasteiger partial charge >= 0.3 is 17.1 Å². The number of nitrogens with one attached hydrogen (secondary N) is 3. The third-order valence-corrected chi connectivity index (χ3v) is 2.93. The van der Waals surface area contributed by atoms with Crippen LogP contribution < -0.4 is 16.0 Å². The average Bonchev–Trinajstić information content (AvgIpc) is 2.16. The summed E-state index contributed by atoms with van der Waals surface area (Å²) in [4.78, 5) is 0. The summed E-state index contributed by atoms with van der Waals surface area (Å²) in [6.07, 6.45) is 3.77. The van der Waals surface area contributed by atoms with Crippen molar-refractivity contribution in [1.29, 1.82) is 0 Å². The quantitative estimate of drug-likeness (QED) is 0.599. The molecule has 1 radical (unpaired) electrons. The summed E-state index contributed by atoms with van der Waals surface area (Å²) in [6, 6.07) is 2.02. The molecule has 0 atom stereocenters. The molecule has 0 aliphatic heterocycles. The number of rotatable bonds is 3. The van der Waals surface area contributed by atoms with Gasteiger partial charge in [0, 0.05) is 18.1 Å². The van der Waals surface area contributed by atoms with E-state index in [2.05, 4.69) is 37.1 Å². The van der Waals surface area contributed by atoms with E-state index in [1.807, 2.05) is 0 Å². The van der Waals surface area contributed by atoms with Gasteiger partial charge in [-0.05, 0) is 40.4 Å². The standard InChI is InChI=1S/C9H21N3.Cu/c1-10-7-4-8(11-2)6-9(5-7)12-3;/h7-12H,4-6H2,1-3H3;/q;+2. The third kappa shape index (κ3) is 3.96. The fourth-order valence-electron chi connectivity index (χ4n) is 2.03. The van der Waals surface area contributed by atoms with Crippen LogP contribution in [0.5, 0.6) is 0 Å². The minimum Gasteiger partial charge on any atom is -0.317 e. The van der Waals surface area contributed by atoms with Crippen molar-refractivity contribution in [1.82, 2.24) is 16.0 Å². The predicted octanol–water partition coefficient (Wildman–Crippen LogP) is -0.0682. The first-order valence-corrected chi connectivity index (χ1v) is 4.82. The first-order chi connectivity index (χ1) is 5.80. The molecule has 81 valence electrons. The summed E-state index contributed by atoms with van der Waals surface area (Å²) < 4.78 is 0. The molecule has 1 aliphatic carbocycles. The Morgan fingerprint density at radius 3 is 1.08 bits per heavy atom. The van der Waals surface area contributed by atoms with Crippen LogP contribution in [0.25, 0.3) is 0 Å². The Morgan fingerprint density at radius 2 is 0.923 bits per heavy atom. The first-order valence-electron chi connectivity index (χ1n) is 4.82. The van der Waals surface area contributed by atoms with Crippen molar-refractivity contribution < 1.29 is 17.1 Å². The fraction of sp³-hybridized carbons (Fsp3) is 1.00.